The molecule has 0 saturated carbocycles. The molecule has 5 aromatic rings. The molecule has 2 N–H and O–H groups in total. The third kappa shape index (κ3) is 7.04. The quantitative estimate of drug-likeness (QED) is 0.140. The Bertz CT molecular complexity index is 2390. The Kier molecular flexibility index (Phi) is 11.1. The summed E-state index contributed by atoms with van der Waals surface area (Å²) in [6.07, 6.45) is 4.13. The summed E-state index contributed by atoms with van der Waals surface area (Å²) in [5.74, 6) is 0.628. The number of carbonyl (C=O) groups excluding carboxylic acids is 2. The van der Waals surface area contributed by atoms with Crippen molar-refractivity contribution in [3.8, 4) is 5.75 Å². The molecule has 3 saturated heterocycles. The highest BCUT2D eigenvalue weighted by Crippen LogP contribution is 2.60. The van der Waals surface area contributed by atoms with Gasteiger partial charge >= 0.3 is 0 Å². The van der Waals surface area contributed by atoms with Crippen LogP contribution in [0.5, 0.6) is 5.75 Å². The second kappa shape index (κ2) is 16.3. The summed E-state index contributed by atoms with van der Waals surface area (Å²) >= 11 is 6.78. The Balaban J connectivity index is 1.02. The Morgan fingerprint density at radius 3 is 2.39 bits per heavy atom. The van der Waals surface area contributed by atoms with E-state index in [-0.39, 0.29) is 36.0 Å². The topological polar surface area (TPSA) is 125 Å². The van der Waals surface area contributed by atoms with Crippen LogP contribution >= 0.6 is 11.6 Å². The highest BCUT2D eigenvalue weighted by atomic mass is 35.5. The Morgan fingerprint density at radius 1 is 0.951 bits per heavy atom. The second-order valence-electron chi connectivity index (χ2n) is 17.5. The molecule has 2 spiro atoms. The number of aliphatic hydroxyl groups excluding tert-OH is 1. The number of ether oxygens (including phenoxy) is 2. The van der Waals surface area contributed by atoms with Gasteiger partial charge in [-0.3, -0.25) is 19.2 Å². The Hall–Kier alpha value is -5.05. The lowest BCUT2D eigenvalue weighted by atomic mass is 9.82. The molecular weight excluding hydrogens is 806 g/mol. The Morgan fingerprint density at radius 2 is 1.69 bits per heavy atom. The number of rotatable bonds is 12. The molecule has 4 aromatic carbocycles. The van der Waals surface area contributed by atoms with Gasteiger partial charge in [0.1, 0.15) is 11.3 Å². The summed E-state index contributed by atoms with van der Waals surface area (Å²) < 4.78 is 14.7. The van der Waals surface area contributed by atoms with Crippen LogP contribution in [0, 0.1) is 5.92 Å². The highest BCUT2D eigenvalue weighted by molar-refractivity contribution is 6.91. The summed E-state index contributed by atoms with van der Waals surface area (Å²) in [4.78, 5) is 35.8. The van der Waals surface area contributed by atoms with Crippen LogP contribution < -0.4 is 29.9 Å². The molecule has 3 fully saturated rings. The summed E-state index contributed by atoms with van der Waals surface area (Å²) in [5.41, 5.74) is 3.32. The van der Waals surface area contributed by atoms with E-state index in [2.05, 4.69) is 64.8 Å². The van der Waals surface area contributed by atoms with Gasteiger partial charge in [-0.1, -0.05) is 84.5 Å². The van der Waals surface area contributed by atoms with E-state index in [9.17, 15) is 9.90 Å². The number of anilines is 3. The summed E-state index contributed by atoms with van der Waals surface area (Å²) in [7, 11) is -0.703. The van der Waals surface area contributed by atoms with E-state index in [0.29, 0.717) is 37.6 Å². The molecule has 0 bridgehead atoms. The van der Waals surface area contributed by atoms with E-state index in [1.54, 1.807) is 11.8 Å². The van der Waals surface area contributed by atoms with Crippen LogP contribution in [-0.4, -0.2) is 85.1 Å². The zero-order chi connectivity index (χ0) is 42.5. The molecule has 4 aliphatic rings. The number of aromatic nitrogens is 3. The molecule has 5 heterocycles. The van der Waals surface area contributed by atoms with Crippen LogP contribution in [0.1, 0.15) is 43.0 Å². The molecule has 0 unspecified atom stereocenters. The number of halogens is 1. The van der Waals surface area contributed by atoms with Crippen molar-refractivity contribution in [1.29, 1.82) is 0 Å². The highest BCUT2D eigenvalue weighted by Gasteiger charge is 2.66. The number of methoxy groups -OCH3 is 1. The van der Waals surface area contributed by atoms with Crippen molar-refractivity contribution in [2.45, 2.75) is 81.6 Å². The van der Waals surface area contributed by atoms with Gasteiger partial charge in [0, 0.05) is 53.6 Å². The average Bonchev–Trinajstić information content (AvgIpc) is 3.99. The summed E-state index contributed by atoms with van der Waals surface area (Å²) in [6.45, 7) is 9.85. The van der Waals surface area contributed by atoms with Crippen LogP contribution in [-0.2, 0) is 39.4 Å². The monoisotopic (exact) mass is 859 g/mol. The van der Waals surface area contributed by atoms with Crippen LogP contribution in [0.25, 0.3) is 0 Å². The average molecular weight is 861 g/mol. The van der Waals surface area contributed by atoms with Crippen LogP contribution in [0.15, 0.2) is 103 Å². The number of nitrogens with zero attached hydrogens (tertiary/aromatic N) is 6. The summed E-state index contributed by atoms with van der Waals surface area (Å²) in [6, 6.07) is 32.4. The molecule has 12 nitrogen and oxygen atoms in total. The maximum atomic E-state index is 15.4. The number of hydrogen-bond acceptors (Lipinski definition) is 9. The molecule has 9 rings (SSSR count). The zero-order valence-electron chi connectivity index (χ0n) is 35.3. The third-order valence-corrected chi connectivity index (χ3v) is 18.5. The first-order valence-corrected chi connectivity index (χ1v) is 24.8. The number of carbonyl (C=O) groups is 2. The van der Waals surface area contributed by atoms with Gasteiger partial charge in [-0.05, 0) is 98.1 Å². The van der Waals surface area contributed by atoms with Crippen LogP contribution in [0.2, 0.25) is 23.7 Å². The molecule has 0 radical (unpaired) electrons. The molecule has 1 aromatic heterocycles. The van der Waals surface area contributed by atoms with Crippen molar-refractivity contribution in [3.05, 3.63) is 125 Å². The van der Waals surface area contributed by atoms with E-state index in [0.717, 1.165) is 65.6 Å². The van der Waals surface area contributed by atoms with Gasteiger partial charge in [0.25, 0.3) is 11.8 Å². The number of aryl methyl sites for hydroxylation is 1. The summed E-state index contributed by atoms with van der Waals surface area (Å²) in [5, 5.41) is 23.3. The predicted octanol–water partition coefficient (Wildman–Crippen LogP) is 6.26. The van der Waals surface area contributed by atoms with Gasteiger partial charge in [0.15, 0.2) is 5.60 Å². The molecule has 4 atom stereocenters. The fourth-order valence-electron chi connectivity index (χ4n) is 10.8. The van der Waals surface area contributed by atoms with Crippen molar-refractivity contribution in [1.82, 2.24) is 20.3 Å². The van der Waals surface area contributed by atoms with Gasteiger partial charge in [-0.2, -0.15) is 0 Å². The molecule has 0 aliphatic carbocycles. The maximum Gasteiger partial charge on any atom is 0.264 e. The maximum absolute atomic E-state index is 15.4. The van der Waals surface area contributed by atoms with Gasteiger partial charge in [-0.25, -0.2) is 0 Å². The van der Waals surface area contributed by atoms with Gasteiger partial charge in [-0.15, -0.1) is 5.10 Å². The minimum Gasteiger partial charge on any atom is -0.497 e. The molecule has 61 heavy (non-hydrogen) atoms. The number of nitrogens with one attached hydrogen (secondary N) is 1. The zero-order valence-corrected chi connectivity index (χ0v) is 37.0. The van der Waals surface area contributed by atoms with E-state index in [4.69, 9.17) is 21.1 Å². The van der Waals surface area contributed by atoms with E-state index >= 15 is 4.79 Å². The van der Waals surface area contributed by atoms with Gasteiger partial charge in [0.05, 0.1) is 45.9 Å². The smallest absolute Gasteiger partial charge is 0.264 e. The van der Waals surface area contributed by atoms with Gasteiger partial charge < -0.3 is 29.7 Å². The molecule has 14 heteroatoms. The minimum atomic E-state index is -2.38. The van der Waals surface area contributed by atoms with E-state index in [1.165, 1.54) is 5.19 Å². The molecule has 2 amide bonds. The fraction of sp³-hybridized carbons (Fsp3) is 0.404. The molecule has 318 valence electrons. The fourth-order valence-corrected chi connectivity index (χ4v) is 15.0. The normalized spacial score (nSPS) is 23.4. The third-order valence-electron chi connectivity index (χ3n) is 13.9. The van der Waals surface area contributed by atoms with E-state index < -0.39 is 19.2 Å². The number of para-hydroxylation sites is 1. The predicted molar refractivity (Wildman–Crippen MR) is 240 cm³/mol. The number of hydrogen-bond donors (Lipinski definition) is 2. The first-order valence-electron chi connectivity index (χ1n) is 21.4. The Labute approximate surface area is 363 Å². The number of amides is 2. The minimum absolute atomic E-state index is 0.00323. The number of benzene rings is 4. The van der Waals surface area contributed by atoms with Crippen LogP contribution in [0.3, 0.4) is 0 Å². The van der Waals surface area contributed by atoms with Crippen molar-refractivity contribution in [3.63, 3.8) is 0 Å². The van der Waals surface area contributed by atoms with Crippen molar-refractivity contribution < 1.29 is 24.2 Å². The van der Waals surface area contributed by atoms with Crippen molar-refractivity contribution in [2.24, 2.45) is 5.92 Å². The largest absolute Gasteiger partial charge is 0.497 e. The molecule has 4 aliphatic heterocycles. The second-order valence-corrected chi connectivity index (χ2v) is 22.7. The van der Waals surface area contributed by atoms with Gasteiger partial charge in [0.2, 0.25) is 0 Å². The lowest BCUT2D eigenvalue weighted by Gasteiger charge is -2.39. The standard InChI is InChI=1S/C47H54ClN7O5Si/c1-32-43(61(3,4)39-17-15-38(59-2)16-18-39)42(20-26-52-30-35(21-27-56)50-51-52)60-47(32)40-28-34(48)12-19-41(40)53(45(47)58)29-33-10-13-36(14-11-33)54-31-55(37-8-6-5-7-9-37)46(44(54)57)22-24-49-25-23-46/h5-19,28,30,32,42-43,49,56H,20-27,29,31H2,1-4H3/t32-,42+,43-,47+/m0/s1. The first kappa shape index (κ1) is 41.3. The first-order chi connectivity index (χ1) is 29.5. The van der Waals surface area contributed by atoms with Crippen molar-refractivity contribution in [2.75, 3.05) is 48.2 Å². The number of fused-ring (bicyclic) bond motifs is 2. The van der Waals surface area contributed by atoms with Crippen molar-refractivity contribution >= 4 is 53.7 Å². The van der Waals surface area contributed by atoms with Crippen LogP contribution in [0.4, 0.5) is 17.1 Å². The van der Waals surface area contributed by atoms with E-state index in [1.807, 2.05) is 88.8 Å². The SMILES string of the molecule is COc1ccc([Si](C)(C)[C@@H]2[C@@H](CCn3cc(CCO)nn3)O[C@]3(C(=O)N(Cc4ccc(N5CN(c6ccccc6)C6(CCNCC6)C5=O)cc4)c4ccc(Cl)cc43)[C@H]2C)cc1. The number of aliphatic hydroxyl groups is 1. The number of piperidine rings is 1. The molecular formula is C47H54ClN7O5Si. The lowest BCUT2D eigenvalue weighted by molar-refractivity contribution is -0.146. The lowest BCUT2D eigenvalue weighted by Crippen LogP contribution is -2.55.